The number of hydrogen-bond donors (Lipinski definition) is 1. The lowest BCUT2D eigenvalue weighted by atomic mass is 10.1. The summed E-state index contributed by atoms with van der Waals surface area (Å²) < 4.78 is 54.2. The van der Waals surface area contributed by atoms with Gasteiger partial charge in [0.1, 0.15) is 11.3 Å². The van der Waals surface area contributed by atoms with Crippen molar-refractivity contribution in [2.75, 3.05) is 0 Å². The summed E-state index contributed by atoms with van der Waals surface area (Å²) in [7, 11) is 0. The topological polar surface area (TPSA) is 50.7 Å². The van der Waals surface area contributed by atoms with Gasteiger partial charge in [-0.05, 0) is 24.3 Å². The summed E-state index contributed by atoms with van der Waals surface area (Å²) in [5.41, 5.74) is -1.25. The number of fused-ring (bicyclic) bond motifs is 3. The third-order valence-corrected chi connectivity index (χ3v) is 3.92. The molecule has 2 aromatic heterocycles. The van der Waals surface area contributed by atoms with Crippen molar-refractivity contribution in [2.45, 2.75) is 6.18 Å². The molecular weight excluding hydrogens is 338 g/mol. The number of hydrogen-bond acceptors (Lipinski definition) is 2. The zero-order chi connectivity index (χ0) is 17.8. The van der Waals surface area contributed by atoms with E-state index in [1.54, 1.807) is 30.3 Å². The molecule has 0 aliphatic carbocycles. The molecule has 0 unspecified atom stereocenters. The van der Waals surface area contributed by atoms with Crippen molar-refractivity contribution in [1.82, 2.24) is 14.8 Å². The molecule has 0 amide bonds. The molecule has 0 spiro atoms. The zero-order valence-electron chi connectivity index (χ0n) is 12.4. The predicted molar refractivity (Wildman–Crippen MR) is 84.2 cm³/mol. The summed E-state index contributed by atoms with van der Waals surface area (Å²) in [5, 5.41) is 2.74. The summed E-state index contributed by atoms with van der Waals surface area (Å²) in [4.78, 5) is 16.3. The van der Waals surface area contributed by atoms with Crippen LogP contribution in [0, 0.1) is 5.82 Å². The number of pyridine rings is 1. The SMILES string of the molecule is O=c1c2cnc3c(F)cc(C(F)(F)F)cc3c2[nH]n1-c1ccccc1. The molecule has 0 aliphatic heterocycles. The quantitative estimate of drug-likeness (QED) is 0.529. The summed E-state index contributed by atoms with van der Waals surface area (Å²) in [6.07, 6.45) is -3.55. The Morgan fingerprint density at radius 3 is 2.44 bits per heavy atom. The van der Waals surface area contributed by atoms with E-state index in [-0.39, 0.29) is 21.8 Å². The van der Waals surface area contributed by atoms with Crippen molar-refractivity contribution in [3.63, 3.8) is 0 Å². The number of halogens is 4. The lowest BCUT2D eigenvalue weighted by Crippen LogP contribution is -2.13. The van der Waals surface area contributed by atoms with Crippen LogP contribution >= 0.6 is 0 Å². The van der Waals surface area contributed by atoms with Crippen molar-refractivity contribution < 1.29 is 17.6 Å². The van der Waals surface area contributed by atoms with Crippen LogP contribution in [-0.2, 0) is 6.18 Å². The lowest BCUT2D eigenvalue weighted by molar-refractivity contribution is -0.137. The van der Waals surface area contributed by atoms with Crippen molar-refractivity contribution in [3.8, 4) is 5.69 Å². The molecule has 2 heterocycles. The van der Waals surface area contributed by atoms with Gasteiger partial charge in [0.2, 0.25) is 0 Å². The number of alkyl halides is 3. The minimum Gasteiger partial charge on any atom is -0.290 e. The van der Waals surface area contributed by atoms with Crippen molar-refractivity contribution in [2.24, 2.45) is 0 Å². The summed E-state index contributed by atoms with van der Waals surface area (Å²) in [5.74, 6) is -1.10. The van der Waals surface area contributed by atoms with Gasteiger partial charge >= 0.3 is 6.18 Å². The number of benzene rings is 2. The largest absolute Gasteiger partial charge is 0.416 e. The van der Waals surface area contributed by atoms with Crippen LogP contribution in [0.2, 0.25) is 0 Å². The minimum atomic E-state index is -4.71. The van der Waals surface area contributed by atoms with E-state index < -0.39 is 23.1 Å². The molecule has 2 aromatic carbocycles. The fraction of sp³-hybridized carbons (Fsp3) is 0.0588. The molecule has 25 heavy (non-hydrogen) atoms. The van der Waals surface area contributed by atoms with Gasteiger partial charge in [0.05, 0.1) is 22.2 Å². The fourth-order valence-corrected chi connectivity index (χ4v) is 2.75. The molecule has 4 aromatic rings. The van der Waals surface area contributed by atoms with Gasteiger partial charge in [-0.25, -0.2) is 9.07 Å². The molecule has 0 aliphatic rings. The second-order valence-corrected chi connectivity index (χ2v) is 5.49. The normalized spacial score (nSPS) is 12.2. The Labute approximate surface area is 137 Å². The molecule has 0 radical (unpaired) electrons. The van der Waals surface area contributed by atoms with Crippen LogP contribution in [0.5, 0.6) is 0 Å². The highest BCUT2D eigenvalue weighted by molar-refractivity contribution is 6.03. The monoisotopic (exact) mass is 347 g/mol. The maximum absolute atomic E-state index is 14.1. The van der Waals surface area contributed by atoms with E-state index in [4.69, 9.17) is 0 Å². The molecule has 0 saturated heterocycles. The van der Waals surface area contributed by atoms with E-state index in [0.29, 0.717) is 11.8 Å². The van der Waals surface area contributed by atoms with Crippen LogP contribution in [0.25, 0.3) is 27.5 Å². The van der Waals surface area contributed by atoms with Gasteiger partial charge in [-0.15, -0.1) is 0 Å². The van der Waals surface area contributed by atoms with Gasteiger partial charge < -0.3 is 0 Å². The zero-order valence-corrected chi connectivity index (χ0v) is 12.4. The number of aromatic nitrogens is 3. The molecule has 0 bridgehead atoms. The predicted octanol–water partition coefficient (Wildman–Crippen LogP) is 4.02. The van der Waals surface area contributed by atoms with Gasteiger partial charge in [0.15, 0.2) is 0 Å². The highest BCUT2D eigenvalue weighted by Crippen LogP contribution is 2.34. The van der Waals surface area contributed by atoms with E-state index in [1.807, 2.05) is 0 Å². The van der Waals surface area contributed by atoms with Crippen LogP contribution in [-0.4, -0.2) is 14.8 Å². The van der Waals surface area contributed by atoms with Crippen LogP contribution in [0.15, 0.2) is 53.5 Å². The lowest BCUT2D eigenvalue weighted by Gasteiger charge is -2.08. The first-order chi connectivity index (χ1) is 11.9. The summed E-state index contributed by atoms with van der Waals surface area (Å²) in [6, 6.07) is 9.70. The third kappa shape index (κ3) is 2.37. The Morgan fingerprint density at radius 1 is 1.04 bits per heavy atom. The van der Waals surface area contributed by atoms with E-state index in [9.17, 15) is 22.4 Å². The highest BCUT2D eigenvalue weighted by Gasteiger charge is 2.32. The molecule has 4 rings (SSSR count). The smallest absolute Gasteiger partial charge is 0.290 e. The number of H-pyrrole nitrogens is 1. The van der Waals surface area contributed by atoms with E-state index in [0.717, 1.165) is 12.3 Å². The van der Waals surface area contributed by atoms with Crippen molar-refractivity contribution >= 4 is 21.8 Å². The first-order valence-corrected chi connectivity index (χ1v) is 7.22. The molecular formula is C17H9F4N3O. The van der Waals surface area contributed by atoms with E-state index in [2.05, 4.69) is 10.1 Å². The third-order valence-electron chi connectivity index (χ3n) is 3.92. The second-order valence-electron chi connectivity index (χ2n) is 5.49. The molecule has 0 atom stereocenters. The first kappa shape index (κ1) is 15.4. The van der Waals surface area contributed by atoms with Crippen LogP contribution < -0.4 is 5.56 Å². The summed E-state index contributed by atoms with van der Waals surface area (Å²) in [6.45, 7) is 0. The molecule has 0 saturated carbocycles. The minimum absolute atomic E-state index is 0.0788. The average molecular weight is 347 g/mol. The number of aromatic amines is 1. The number of rotatable bonds is 1. The van der Waals surface area contributed by atoms with Crippen LogP contribution in [0.1, 0.15) is 5.56 Å². The van der Waals surface area contributed by atoms with Crippen LogP contribution in [0.3, 0.4) is 0 Å². The van der Waals surface area contributed by atoms with Crippen molar-refractivity contribution in [3.05, 3.63) is 70.4 Å². The fourth-order valence-electron chi connectivity index (χ4n) is 2.75. The Morgan fingerprint density at radius 2 is 1.76 bits per heavy atom. The Bertz CT molecular complexity index is 1160. The molecule has 4 nitrogen and oxygen atoms in total. The molecule has 1 N–H and O–H groups in total. The van der Waals surface area contributed by atoms with Crippen LogP contribution in [0.4, 0.5) is 17.6 Å². The standard InChI is InChI=1S/C17H9F4N3O/c18-13-7-9(17(19,20)21)6-11-14-12(8-22-15(11)13)16(25)24(23-14)10-4-2-1-3-5-10/h1-8,23H. The molecule has 8 heteroatoms. The number of nitrogens with zero attached hydrogens (tertiary/aromatic N) is 2. The Hall–Kier alpha value is -3.16. The number of nitrogens with one attached hydrogen (secondary N) is 1. The van der Waals surface area contributed by atoms with Gasteiger partial charge in [0.25, 0.3) is 5.56 Å². The Balaban J connectivity index is 2.10. The van der Waals surface area contributed by atoms with Gasteiger partial charge in [0, 0.05) is 11.6 Å². The maximum Gasteiger partial charge on any atom is 0.416 e. The molecule has 0 fully saturated rings. The van der Waals surface area contributed by atoms with Gasteiger partial charge in [-0.2, -0.15) is 13.2 Å². The van der Waals surface area contributed by atoms with E-state index in [1.165, 1.54) is 4.68 Å². The summed E-state index contributed by atoms with van der Waals surface area (Å²) >= 11 is 0. The van der Waals surface area contributed by atoms with E-state index >= 15 is 0 Å². The first-order valence-electron chi connectivity index (χ1n) is 7.22. The maximum atomic E-state index is 14.1. The Kier molecular flexibility index (Phi) is 3.18. The molecule has 126 valence electrons. The highest BCUT2D eigenvalue weighted by atomic mass is 19.4. The second kappa shape index (κ2) is 5.17. The van der Waals surface area contributed by atoms with Crippen molar-refractivity contribution in [1.29, 1.82) is 0 Å². The number of para-hydroxylation sites is 1. The van der Waals surface area contributed by atoms with Gasteiger partial charge in [-0.1, -0.05) is 18.2 Å². The average Bonchev–Trinajstić information content (AvgIpc) is 2.92. The van der Waals surface area contributed by atoms with Gasteiger partial charge in [-0.3, -0.25) is 14.9 Å².